The molecule has 7 nitrogen and oxygen atoms in total. The molecule has 1 aromatic carbocycles. The Morgan fingerprint density at radius 3 is 2.56 bits per heavy atom. The van der Waals surface area contributed by atoms with Gasteiger partial charge in [-0.05, 0) is 51.2 Å². The highest BCUT2D eigenvalue weighted by molar-refractivity contribution is 5.95. The maximum absolute atomic E-state index is 13.4. The van der Waals surface area contributed by atoms with Crippen molar-refractivity contribution in [1.29, 1.82) is 0 Å². The van der Waals surface area contributed by atoms with E-state index in [0.29, 0.717) is 36.4 Å². The van der Waals surface area contributed by atoms with Crippen LogP contribution in [0.4, 0.5) is 0 Å². The number of nitrogens with zero attached hydrogens (tertiary/aromatic N) is 4. The van der Waals surface area contributed by atoms with Gasteiger partial charge >= 0.3 is 0 Å². The Labute approximate surface area is 160 Å². The average Bonchev–Trinajstić information content (AvgIpc) is 3.03. The predicted molar refractivity (Wildman–Crippen MR) is 103 cm³/mol. The molecule has 2 aromatic rings. The zero-order valence-corrected chi connectivity index (χ0v) is 16.6. The molecule has 1 aliphatic heterocycles. The number of amides is 1. The monoisotopic (exact) mass is 372 g/mol. The highest BCUT2D eigenvalue weighted by Crippen LogP contribution is 2.32. The second kappa shape index (κ2) is 7.70. The molecule has 0 spiro atoms. The van der Waals surface area contributed by atoms with Crippen molar-refractivity contribution < 1.29 is 14.6 Å². The van der Waals surface area contributed by atoms with Gasteiger partial charge in [0.2, 0.25) is 0 Å². The van der Waals surface area contributed by atoms with Crippen molar-refractivity contribution in [1.82, 2.24) is 19.6 Å². The van der Waals surface area contributed by atoms with Crippen molar-refractivity contribution >= 4 is 5.91 Å². The molecule has 146 valence electrons. The van der Waals surface area contributed by atoms with Gasteiger partial charge in [-0.2, -0.15) is 5.10 Å². The van der Waals surface area contributed by atoms with Gasteiger partial charge in [0.05, 0.1) is 24.9 Å². The van der Waals surface area contributed by atoms with Crippen LogP contribution < -0.4 is 0 Å². The normalized spacial score (nSPS) is 20.3. The number of carbonyl (C=O) groups excluding carboxylic acids is 1. The number of likely N-dealkylation sites (N-methyl/N-ethyl adjacent to an activating group) is 1. The maximum atomic E-state index is 13.4. The Morgan fingerprint density at radius 1 is 1.33 bits per heavy atom. The van der Waals surface area contributed by atoms with Crippen LogP contribution in [0.15, 0.2) is 24.5 Å². The number of benzene rings is 1. The molecule has 1 N–H and O–H groups in total. The Kier molecular flexibility index (Phi) is 5.53. The molecule has 0 radical (unpaired) electrons. The lowest BCUT2D eigenvalue weighted by Crippen LogP contribution is -2.51. The topological polar surface area (TPSA) is 70.8 Å². The summed E-state index contributed by atoms with van der Waals surface area (Å²) in [6.45, 7) is 5.34. The molecule has 1 aliphatic rings. The van der Waals surface area contributed by atoms with E-state index in [1.165, 1.54) is 0 Å². The molecular formula is C20H28N4O3. The van der Waals surface area contributed by atoms with Crippen molar-refractivity contribution in [2.75, 3.05) is 33.8 Å². The number of phenolic OH excluding ortho intramolecular Hbond substituents is 1. The smallest absolute Gasteiger partial charge is 0.254 e. The Morgan fingerprint density at radius 2 is 2.00 bits per heavy atom. The highest BCUT2D eigenvalue weighted by Gasteiger charge is 2.37. The Balaban J connectivity index is 1.98. The van der Waals surface area contributed by atoms with Crippen LogP contribution in [-0.4, -0.2) is 70.5 Å². The summed E-state index contributed by atoms with van der Waals surface area (Å²) in [7, 11) is 5.86. The van der Waals surface area contributed by atoms with Crippen molar-refractivity contribution in [3.63, 3.8) is 0 Å². The zero-order chi connectivity index (χ0) is 19.7. The van der Waals surface area contributed by atoms with Gasteiger partial charge in [0, 0.05) is 37.5 Å². The van der Waals surface area contributed by atoms with Gasteiger partial charge in [0.15, 0.2) is 0 Å². The number of aromatic nitrogens is 2. The molecule has 1 amide bonds. The van der Waals surface area contributed by atoms with Crippen LogP contribution in [0.5, 0.6) is 5.75 Å². The van der Waals surface area contributed by atoms with Gasteiger partial charge in [-0.1, -0.05) is 0 Å². The SMILES string of the molecule is Cc1cc(C(=O)N2CCO[C@@H](CN(C)C)[C@@H]2c2cnn(C)c2)cc(C)c1O. The largest absolute Gasteiger partial charge is 0.507 e. The minimum atomic E-state index is -0.211. The van der Waals surface area contributed by atoms with Crippen molar-refractivity contribution in [2.45, 2.75) is 26.0 Å². The summed E-state index contributed by atoms with van der Waals surface area (Å²) in [5.41, 5.74) is 2.95. The molecule has 0 aliphatic carbocycles. The van der Waals surface area contributed by atoms with E-state index in [1.807, 2.05) is 46.1 Å². The number of aromatic hydroxyl groups is 1. The van der Waals surface area contributed by atoms with E-state index in [-0.39, 0.29) is 23.8 Å². The van der Waals surface area contributed by atoms with E-state index in [1.54, 1.807) is 23.0 Å². The van der Waals surface area contributed by atoms with Gasteiger partial charge in [0.25, 0.3) is 5.91 Å². The molecule has 3 rings (SSSR count). The summed E-state index contributed by atoms with van der Waals surface area (Å²) in [6.07, 6.45) is 3.60. The summed E-state index contributed by atoms with van der Waals surface area (Å²) in [6, 6.07) is 3.29. The van der Waals surface area contributed by atoms with Gasteiger partial charge < -0.3 is 19.6 Å². The average molecular weight is 372 g/mol. The number of carbonyl (C=O) groups is 1. The van der Waals surface area contributed by atoms with Crippen LogP contribution in [-0.2, 0) is 11.8 Å². The summed E-state index contributed by atoms with van der Waals surface area (Å²) < 4.78 is 7.78. The number of hydrogen-bond acceptors (Lipinski definition) is 5. The summed E-state index contributed by atoms with van der Waals surface area (Å²) >= 11 is 0. The van der Waals surface area contributed by atoms with E-state index in [9.17, 15) is 9.90 Å². The number of ether oxygens (including phenoxy) is 1. The fourth-order valence-electron chi connectivity index (χ4n) is 3.71. The fraction of sp³-hybridized carbons (Fsp3) is 0.500. The second-order valence-corrected chi connectivity index (χ2v) is 7.52. The standard InChI is InChI=1S/C20H28N4O3/c1-13-8-15(9-14(2)19(13)25)20(26)24-6-7-27-17(12-22(3)4)18(24)16-10-21-23(5)11-16/h8-11,17-18,25H,6-7,12H2,1-5H3/t17-,18-/m0/s1. The molecule has 1 fully saturated rings. The first-order valence-electron chi connectivity index (χ1n) is 9.14. The Hall–Kier alpha value is -2.38. The summed E-state index contributed by atoms with van der Waals surface area (Å²) in [5.74, 6) is 0.185. The molecule has 2 heterocycles. The van der Waals surface area contributed by atoms with Crippen molar-refractivity contribution in [3.05, 3.63) is 46.8 Å². The summed E-state index contributed by atoms with van der Waals surface area (Å²) in [4.78, 5) is 17.3. The summed E-state index contributed by atoms with van der Waals surface area (Å²) in [5, 5.41) is 14.3. The number of rotatable bonds is 4. The van der Waals surface area contributed by atoms with Gasteiger partial charge in [0.1, 0.15) is 5.75 Å². The van der Waals surface area contributed by atoms with Crippen molar-refractivity contribution in [3.8, 4) is 5.75 Å². The van der Waals surface area contributed by atoms with Gasteiger partial charge in [-0.25, -0.2) is 0 Å². The zero-order valence-electron chi connectivity index (χ0n) is 16.6. The molecule has 2 atom stereocenters. The second-order valence-electron chi connectivity index (χ2n) is 7.52. The quantitative estimate of drug-likeness (QED) is 0.887. The lowest BCUT2D eigenvalue weighted by Gasteiger charge is -2.42. The van der Waals surface area contributed by atoms with E-state index in [0.717, 1.165) is 5.56 Å². The van der Waals surface area contributed by atoms with Crippen LogP contribution in [0.3, 0.4) is 0 Å². The highest BCUT2D eigenvalue weighted by atomic mass is 16.5. The van der Waals surface area contributed by atoms with Crippen molar-refractivity contribution in [2.24, 2.45) is 7.05 Å². The molecular weight excluding hydrogens is 344 g/mol. The van der Waals surface area contributed by atoms with Crippen LogP contribution in [0.25, 0.3) is 0 Å². The van der Waals surface area contributed by atoms with E-state index in [2.05, 4.69) is 10.00 Å². The molecule has 0 saturated carbocycles. The third kappa shape index (κ3) is 3.99. The lowest BCUT2D eigenvalue weighted by molar-refractivity contribution is -0.0684. The number of morpholine rings is 1. The molecule has 27 heavy (non-hydrogen) atoms. The van der Waals surface area contributed by atoms with Gasteiger partial charge in [-0.15, -0.1) is 0 Å². The minimum absolute atomic E-state index is 0.0536. The van der Waals surface area contributed by atoms with Crippen LogP contribution in [0.1, 0.15) is 33.1 Å². The van der Waals surface area contributed by atoms with Gasteiger partial charge in [-0.3, -0.25) is 9.48 Å². The van der Waals surface area contributed by atoms with Crippen LogP contribution in [0.2, 0.25) is 0 Å². The molecule has 1 aromatic heterocycles. The first-order valence-corrected chi connectivity index (χ1v) is 9.14. The number of aryl methyl sites for hydroxylation is 3. The van der Waals surface area contributed by atoms with E-state index >= 15 is 0 Å². The molecule has 1 saturated heterocycles. The Bertz CT molecular complexity index is 807. The van der Waals surface area contributed by atoms with E-state index < -0.39 is 0 Å². The number of phenols is 1. The molecule has 0 bridgehead atoms. The minimum Gasteiger partial charge on any atom is -0.507 e. The first-order chi connectivity index (χ1) is 12.8. The third-order valence-electron chi connectivity index (χ3n) is 4.96. The molecule has 7 heteroatoms. The third-order valence-corrected chi connectivity index (χ3v) is 4.96. The molecule has 0 unspecified atom stereocenters. The van der Waals surface area contributed by atoms with Crippen LogP contribution >= 0.6 is 0 Å². The van der Waals surface area contributed by atoms with E-state index in [4.69, 9.17) is 4.74 Å². The van der Waals surface area contributed by atoms with Crippen LogP contribution in [0, 0.1) is 13.8 Å². The predicted octanol–water partition coefficient (Wildman–Crippen LogP) is 1.89. The lowest BCUT2D eigenvalue weighted by atomic mass is 9.98. The number of hydrogen-bond donors (Lipinski definition) is 1. The first kappa shape index (κ1) is 19.4. The maximum Gasteiger partial charge on any atom is 0.254 e. The fourth-order valence-corrected chi connectivity index (χ4v) is 3.71.